The maximum absolute atomic E-state index is 12.6. The Morgan fingerprint density at radius 2 is 1.69 bits per heavy atom. The number of nitrogens with zero attached hydrogens (tertiary/aromatic N) is 4. The van der Waals surface area contributed by atoms with Crippen molar-refractivity contribution < 1.29 is 9.59 Å². The second-order valence-corrected chi connectivity index (χ2v) is 8.00. The van der Waals surface area contributed by atoms with Crippen LogP contribution in [0.25, 0.3) is 0 Å². The summed E-state index contributed by atoms with van der Waals surface area (Å²) in [4.78, 5) is 37.7. The molecule has 0 spiro atoms. The van der Waals surface area contributed by atoms with Crippen LogP contribution >= 0.6 is 0 Å². The van der Waals surface area contributed by atoms with E-state index < -0.39 is 0 Å². The molecule has 1 aliphatic heterocycles. The van der Waals surface area contributed by atoms with Gasteiger partial charge in [-0.15, -0.1) is 0 Å². The Balaban J connectivity index is 1.27. The summed E-state index contributed by atoms with van der Waals surface area (Å²) in [6.45, 7) is 4.77. The summed E-state index contributed by atoms with van der Waals surface area (Å²) in [5.41, 5.74) is 4.38. The van der Waals surface area contributed by atoms with Crippen molar-refractivity contribution in [3.8, 4) is 0 Å². The van der Waals surface area contributed by atoms with E-state index in [-0.39, 0.29) is 24.5 Å². The summed E-state index contributed by atoms with van der Waals surface area (Å²) in [6, 6.07) is 8.04. The molecule has 1 amide bonds. The molecular weight excluding hydrogens is 364 g/mol. The summed E-state index contributed by atoms with van der Waals surface area (Å²) in [5, 5.41) is 0. The summed E-state index contributed by atoms with van der Waals surface area (Å²) in [5.74, 6) is 1.05. The van der Waals surface area contributed by atoms with Gasteiger partial charge in [0.1, 0.15) is 12.1 Å². The zero-order chi connectivity index (χ0) is 20.2. The number of Topliss-reactive ketones (excluding diaryl/α,β-unsaturated/α-hetero) is 1. The third kappa shape index (κ3) is 4.63. The van der Waals surface area contributed by atoms with E-state index >= 15 is 0 Å². The van der Waals surface area contributed by atoms with E-state index in [0.717, 1.165) is 43.0 Å². The lowest BCUT2D eigenvalue weighted by Gasteiger charge is -2.35. The maximum Gasteiger partial charge on any atom is 0.223 e. The van der Waals surface area contributed by atoms with E-state index in [0.29, 0.717) is 13.1 Å². The normalized spacial score (nSPS) is 16.4. The second-order valence-electron chi connectivity index (χ2n) is 8.00. The first kappa shape index (κ1) is 19.6. The number of piperazine rings is 1. The number of hydrogen-bond acceptors (Lipinski definition) is 5. The van der Waals surface area contributed by atoms with Crippen LogP contribution in [-0.2, 0) is 17.6 Å². The fourth-order valence-corrected chi connectivity index (χ4v) is 4.23. The molecule has 1 aromatic carbocycles. The molecule has 0 radical (unpaired) electrons. The molecule has 1 aliphatic carbocycles. The first-order valence-corrected chi connectivity index (χ1v) is 10.6. The highest BCUT2D eigenvalue weighted by Gasteiger charge is 2.23. The molecule has 1 saturated heterocycles. The van der Waals surface area contributed by atoms with Crippen molar-refractivity contribution in [1.29, 1.82) is 0 Å². The molecule has 152 valence electrons. The van der Waals surface area contributed by atoms with E-state index in [4.69, 9.17) is 0 Å². The van der Waals surface area contributed by atoms with Gasteiger partial charge in [-0.05, 0) is 49.8 Å². The minimum Gasteiger partial charge on any atom is -0.353 e. The van der Waals surface area contributed by atoms with Gasteiger partial charge in [-0.25, -0.2) is 9.97 Å². The van der Waals surface area contributed by atoms with E-state index in [1.807, 2.05) is 30.0 Å². The van der Waals surface area contributed by atoms with Crippen LogP contribution in [-0.4, -0.2) is 52.7 Å². The van der Waals surface area contributed by atoms with Crippen LogP contribution in [0.5, 0.6) is 0 Å². The van der Waals surface area contributed by atoms with Gasteiger partial charge in [0.05, 0.1) is 0 Å². The minimum absolute atomic E-state index is 0.0647. The van der Waals surface area contributed by atoms with E-state index in [1.54, 1.807) is 6.33 Å². The van der Waals surface area contributed by atoms with Crippen LogP contribution in [0, 0.1) is 6.92 Å². The van der Waals surface area contributed by atoms with Gasteiger partial charge >= 0.3 is 0 Å². The Labute approximate surface area is 172 Å². The zero-order valence-electron chi connectivity index (χ0n) is 17.1. The number of anilines is 1. The number of ketones is 1. The van der Waals surface area contributed by atoms with Gasteiger partial charge < -0.3 is 9.80 Å². The van der Waals surface area contributed by atoms with Crippen LogP contribution in [0.4, 0.5) is 5.82 Å². The second kappa shape index (κ2) is 8.72. The molecule has 0 N–H and O–H groups in total. The molecule has 6 heteroatoms. The first-order chi connectivity index (χ1) is 14.1. The van der Waals surface area contributed by atoms with Gasteiger partial charge in [0, 0.05) is 56.3 Å². The number of aromatic nitrogens is 2. The Hall–Kier alpha value is -2.76. The van der Waals surface area contributed by atoms with Crippen molar-refractivity contribution in [2.24, 2.45) is 0 Å². The molecule has 6 nitrogen and oxygen atoms in total. The number of aryl methyl sites for hydroxylation is 3. The van der Waals surface area contributed by atoms with Crippen LogP contribution in [0.1, 0.15) is 52.9 Å². The number of fused-ring (bicyclic) bond motifs is 1. The van der Waals surface area contributed by atoms with E-state index in [1.165, 1.54) is 24.0 Å². The summed E-state index contributed by atoms with van der Waals surface area (Å²) in [6.07, 6.45) is 6.75. The van der Waals surface area contributed by atoms with Gasteiger partial charge in [0.25, 0.3) is 0 Å². The van der Waals surface area contributed by atoms with Crippen LogP contribution < -0.4 is 4.90 Å². The van der Waals surface area contributed by atoms with Crippen LogP contribution in [0.15, 0.2) is 30.6 Å². The lowest BCUT2D eigenvalue weighted by molar-refractivity contribution is -0.131. The van der Waals surface area contributed by atoms with Crippen molar-refractivity contribution in [3.05, 3.63) is 53.0 Å². The number of amides is 1. The summed E-state index contributed by atoms with van der Waals surface area (Å²) in [7, 11) is 0. The number of rotatable bonds is 5. The average molecular weight is 393 g/mol. The van der Waals surface area contributed by atoms with Crippen molar-refractivity contribution in [3.63, 3.8) is 0 Å². The number of hydrogen-bond donors (Lipinski definition) is 0. The third-order valence-electron chi connectivity index (χ3n) is 5.98. The fraction of sp³-hybridized carbons (Fsp3) is 0.478. The highest BCUT2D eigenvalue weighted by atomic mass is 16.2. The lowest BCUT2D eigenvalue weighted by Crippen LogP contribution is -2.49. The Kier molecular flexibility index (Phi) is 5.88. The number of benzene rings is 1. The fourth-order valence-electron chi connectivity index (χ4n) is 4.23. The molecule has 0 atom stereocenters. The van der Waals surface area contributed by atoms with Gasteiger partial charge in [0.15, 0.2) is 5.78 Å². The van der Waals surface area contributed by atoms with Crippen LogP contribution in [0.2, 0.25) is 0 Å². The monoisotopic (exact) mass is 392 g/mol. The Morgan fingerprint density at radius 1 is 0.931 bits per heavy atom. The molecule has 2 aromatic rings. The van der Waals surface area contributed by atoms with Crippen molar-refractivity contribution in [2.45, 2.75) is 45.4 Å². The van der Waals surface area contributed by atoms with Gasteiger partial charge in [-0.2, -0.15) is 0 Å². The Bertz CT molecular complexity index is 904. The molecule has 1 fully saturated rings. The largest absolute Gasteiger partial charge is 0.353 e. The topological polar surface area (TPSA) is 66.4 Å². The Morgan fingerprint density at radius 3 is 2.45 bits per heavy atom. The molecule has 0 bridgehead atoms. The average Bonchev–Trinajstić information content (AvgIpc) is 2.77. The van der Waals surface area contributed by atoms with E-state index in [9.17, 15) is 9.59 Å². The molecular formula is C23H28N4O2. The third-order valence-corrected chi connectivity index (χ3v) is 5.98. The molecule has 1 aromatic heterocycles. The van der Waals surface area contributed by atoms with Gasteiger partial charge in [0.2, 0.25) is 5.91 Å². The van der Waals surface area contributed by atoms with Crippen molar-refractivity contribution in [2.75, 3.05) is 31.1 Å². The van der Waals surface area contributed by atoms with Crippen molar-refractivity contribution >= 4 is 17.5 Å². The minimum atomic E-state index is 0.0647. The number of carbonyl (C=O) groups excluding carboxylic acids is 2. The smallest absolute Gasteiger partial charge is 0.223 e. The van der Waals surface area contributed by atoms with Gasteiger partial charge in [-0.3, -0.25) is 9.59 Å². The van der Waals surface area contributed by atoms with Gasteiger partial charge in [-0.1, -0.05) is 12.1 Å². The molecule has 0 unspecified atom stereocenters. The highest BCUT2D eigenvalue weighted by molar-refractivity contribution is 5.98. The summed E-state index contributed by atoms with van der Waals surface area (Å²) >= 11 is 0. The maximum atomic E-state index is 12.6. The first-order valence-electron chi connectivity index (χ1n) is 10.6. The SMILES string of the molecule is Cc1cc(N2CCN(C(=O)CCC(=O)c3ccc4c(c3)CCCC4)CC2)ncn1. The van der Waals surface area contributed by atoms with Crippen molar-refractivity contribution in [1.82, 2.24) is 14.9 Å². The molecule has 0 saturated carbocycles. The van der Waals surface area contributed by atoms with E-state index in [2.05, 4.69) is 20.9 Å². The quantitative estimate of drug-likeness (QED) is 0.732. The molecule has 4 rings (SSSR count). The predicted molar refractivity (Wildman–Crippen MR) is 112 cm³/mol. The molecule has 2 heterocycles. The molecule has 29 heavy (non-hydrogen) atoms. The highest BCUT2D eigenvalue weighted by Crippen LogP contribution is 2.23. The molecule has 2 aliphatic rings. The summed E-state index contributed by atoms with van der Waals surface area (Å²) < 4.78 is 0. The zero-order valence-corrected chi connectivity index (χ0v) is 17.1. The standard InChI is InChI=1S/C23H28N4O2/c1-17-14-22(25-16-24-17)26-10-12-27(13-11-26)23(29)9-8-21(28)20-7-6-18-4-2-3-5-19(18)15-20/h6-7,14-16H,2-5,8-13H2,1H3. The predicted octanol–water partition coefficient (Wildman–Crippen LogP) is 2.98. The number of carbonyl (C=O) groups is 2. The lowest BCUT2D eigenvalue weighted by atomic mass is 9.89. The van der Waals surface area contributed by atoms with Crippen LogP contribution in [0.3, 0.4) is 0 Å².